The highest BCUT2D eigenvalue weighted by atomic mass is 35.5. The summed E-state index contributed by atoms with van der Waals surface area (Å²) in [4.78, 5) is 11.7. The number of amides is 1. The number of halogens is 1. The van der Waals surface area contributed by atoms with E-state index in [2.05, 4.69) is 24.3 Å². The van der Waals surface area contributed by atoms with Crippen molar-refractivity contribution >= 4 is 17.7 Å². The molecule has 0 aliphatic heterocycles. The van der Waals surface area contributed by atoms with Gasteiger partial charge in [-0.1, -0.05) is 25.4 Å². The molecule has 0 saturated carbocycles. The summed E-state index contributed by atoms with van der Waals surface area (Å²) in [5.74, 6) is 1.45. The Hall–Kier alpha value is -2.21. The maximum Gasteiger partial charge on any atom is 0.414 e. The molecule has 0 unspecified atom stereocenters. The van der Waals surface area contributed by atoms with Crippen molar-refractivity contribution in [1.29, 1.82) is 0 Å². The Morgan fingerprint density at radius 1 is 1.27 bits per heavy atom. The summed E-state index contributed by atoms with van der Waals surface area (Å²) < 4.78 is 12.9. The molecule has 6 nitrogen and oxygen atoms in total. The molecule has 1 heterocycles. The van der Waals surface area contributed by atoms with E-state index in [1.54, 1.807) is 16.8 Å². The lowest BCUT2D eigenvalue weighted by molar-refractivity contribution is 0.195. The minimum Gasteiger partial charge on any atom is -0.493 e. The monoisotopic (exact) mass is 379 g/mol. The van der Waals surface area contributed by atoms with E-state index in [9.17, 15) is 4.79 Å². The zero-order valence-corrected chi connectivity index (χ0v) is 16.6. The largest absolute Gasteiger partial charge is 0.493 e. The lowest BCUT2D eigenvalue weighted by Crippen LogP contribution is -2.32. The van der Waals surface area contributed by atoms with E-state index in [1.807, 2.05) is 32.9 Å². The van der Waals surface area contributed by atoms with Crippen LogP contribution in [0, 0.1) is 12.8 Å². The molecule has 142 valence electrons. The van der Waals surface area contributed by atoms with E-state index in [1.165, 1.54) is 0 Å². The van der Waals surface area contributed by atoms with Crippen molar-refractivity contribution in [2.75, 3.05) is 6.61 Å². The van der Waals surface area contributed by atoms with Crippen molar-refractivity contribution < 1.29 is 14.3 Å². The number of carbonyl (C=O) groups is 1. The van der Waals surface area contributed by atoms with Crippen LogP contribution in [-0.2, 0) is 6.54 Å². The first-order valence-corrected chi connectivity index (χ1v) is 9.06. The van der Waals surface area contributed by atoms with Crippen LogP contribution in [-0.4, -0.2) is 28.5 Å². The minimum absolute atomic E-state index is 0.00203. The van der Waals surface area contributed by atoms with E-state index in [4.69, 9.17) is 21.1 Å². The molecule has 1 N–H and O–H groups in total. The number of aromatic nitrogens is 2. The number of ether oxygens (including phenoxy) is 2. The number of hydrogen-bond acceptors (Lipinski definition) is 4. The van der Waals surface area contributed by atoms with Crippen molar-refractivity contribution in [1.82, 2.24) is 15.1 Å². The number of benzene rings is 1. The highest BCUT2D eigenvalue weighted by Crippen LogP contribution is 2.25. The Kier molecular flexibility index (Phi) is 6.91. The summed E-state index contributed by atoms with van der Waals surface area (Å²) in [5, 5.41) is 7.65. The average molecular weight is 380 g/mol. The van der Waals surface area contributed by atoms with Gasteiger partial charge in [0.05, 0.1) is 13.2 Å². The van der Waals surface area contributed by atoms with Gasteiger partial charge in [-0.15, -0.1) is 5.10 Å². The van der Waals surface area contributed by atoms with Crippen LogP contribution in [0.3, 0.4) is 0 Å². The first kappa shape index (κ1) is 20.1. The van der Waals surface area contributed by atoms with E-state index in [0.29, 0.717) is 24.1 Å². The molecule has 0 fully saturated rings. The van der Waals surface area contributed by atoms with Gasteiger partial charge in [-0.25, -0.2) is 4.79 Å². The zero-order chi connectivity index (χ0) is 19.3. The van der Waals surface area contributed by atoms with Crippen molar-refractivity contribution in [2.24, 2.45) is 5.92 Å². The van der Waals surface area contributed by atoms with E-state index < -0.39 is 6.09 Å². The lowest BCUT2D eigenvalue weighted by Gasteiger charge is -2.14. The summed E-state index contributed by atoms with van der Waals surface area (Å²) in [6, 6.07) is 7.26. The van der Waals surface area contributed by atoms with E-state index in [0.717, 1.165) is 17.0 Å². The molecule has 2 aromatic rings. The van der Waals surface area contributed by atoms with Crippen LogP contribution in [0.2, 0.25) is 5.02 Å². The fraction of sp³-hybridized carbons (Fsp3) is 0.474. The third-order valence-corrected chi connectivity index (χ3v) is 3.71. The molecule has 0 aliphatic rings. The van der Waals surface area contributed by atoms with Crippen LogP contribution in [0.5, 0.6) is 11.6 Å². The van der Waals surface area contributed by atoms with Gasteiger partial charge in [0.1, 0.15) is 5.75 Å². The molecular formula is C19H26ClN3O3. The van der Waals surface area contributed by atoms with Crippen molar-refractivity contribution in [3.63, 3.8) is 0 Å². The molecule has 1 aromatic carbocycles. The summed E-state index contributed by atoms with van der Waals surface area (Å²) in [5.41, 5.74) is 1.79. The van der Waals surface area contributed by atoms with Crippen molar-refractivity contribution in [2.45, 2.75) is 47.2 Å². The van der Waals surface area contributed by atoms with Crippen molar-refractivity contribution in [3.8, 4) is 11.6 Å². The van der Waals surface area contributed by atoms with Gasteiger partial charge in [-0.2, -0.15) is 0 Å². The number of rotatable bonds is 7. The maximum absolute atomic E-state index is 11.7. The number of hydrogen-bond donors (Lipinski definition) is 1. The van der Waals surface area contributed by atoms with E-state index >= 15 is 0 Å². The Balaban J connectivity index is 2.15. The van der Waals surface area contributed by atoms with Crippen LogP contribution in [0.25, 0.3) is 0 Å². The quantitative estimate of drug-likeness (QED) is 0.773. The Bertz CT molecular complexity index is 756. The maximum atomic E-state index is 11.7. The summed E-state index contributed by atoms with van der Waals surface area (Å²) in [6.45, 7) is 10.9. The molecule has 7 heteroatoms. The summed E-state index contributed by atoms with van der Waals surface area (Å²) in [7, 11) is 0. The van der Waals surface area contributed by atoms with Gasteiger partial charge < -0.3 is 14.8 Å². The SMILES string of the molecule is Cc1cc(OC(=O)NC(C)C)nn1Cc1cc(Cl)ccc1OCC(C)C. The van der Waals surface area contributed by atoms with Gasteiger partial charge in [0.15, 0.2) is 0 Å². The van der Waals surface area contributed by atoms with Crippen LogP contribution in [0.15, 0.2) is 24.3 Å². The molecule has 0 atom stereocenters. The predicted octanol–water partition coefficient (Wildman–Crippen LogP) is 4.42. The average Bonchev–Trinajstić information content (AvgIpc) is 2.84. The predicted molar refractivity (Wildman–Crippen MR) is 102 cm³/mol. The first-order valence-electron chi connectivity index (χ1n) is 8.68. The van der Waals surface area contributed by atoms with E-state index in [-0.39, 0.29) is 11.9 Å². The van der Waals surface area contributed by atoms with Crippen LogP contribution < -0.4 is 14.8 Å². The highest BCUT2D eigenvalue weighted by Gasteiger charge is 2.13. The smallest absolute Gasteiger partial charge is 0.414 e. The molecule has 0 aliphatic carbocycles. The Morgan fingerprint density at radius 2 is 2.00 bits per heavy atom. The Labute approximate surface area is 159 Å². The Morgan fingerprint density at radius 3 is 2.65 bits per heavy atom. The van der Waals surface area contributed by atoms with Gasteiger partial charge in [-0.05, 0) is 44.9 Å². The second-order valence-electron chi connectivity index (χ2n) is 6.93. The molecule has 1 aromatic heterocycles. The third-order valence-electron chi connectivity index (χ3n) is 3.48. The minimum atomic E-state index is -0.520. The van der Waals surface area contributed by atoms with Crippen LogP contribution >= 0.6 is 11.6 Å². The van der Waals surface area contributed by atoms with Gasteiger partial charge >= 0.3 is 6.09 Å². The molecule has 0 saturated heterocycles. The fourth-order valence-corrected chi connectivity index (χ4v) is 2.47. The number of aryl methyl sites for hydroxylation is 1. The van der Waals surface area contributed by atoms with Crippen LogP contribution in [0.4, 0.5) is 4.79 Å². The normalized spacial score (nSPS) is 11.1. The van der Waals surface area contributed by atoms with Gasteiger partial charge in [0.25, 0.3) is 0 Å². The molecular weight excluding hydrogens is 354 g/mol. The molecule has 1 amide bonds. The second-order valence-corrected chi connectivity index (χ2v) is 7.36. The zero-order valence-electron chi connectivity index (χ0n) is 15.9. The first-order chi connectivity index (χ1) is 12.2. The number of carbonyl (C=O) groups excluding carboxylic acids is 1. The fourth-order valence-electron chi connectivity index (χ4n) is 2.28. The highest BCUT2D eigenvalue weighted by molar-refractivity contribution is 6.30. The molecule has 0 radical (unpaired) electrons. The summed E-state index contributed by atoms with van der Waals surface area (Å²) in [6.07, 6.45) is -0.520. The van der Waals surface area contributed by atoms with Gasteiger partial charge in [0, 0.05) is 28.4 Å². The second kappa shape index (κ2) is 8.94. The van der Waals surface area contributed by atoms with Crippen molar-refractivity contribution in [3.05, 3.63) is 40.5 Å². The lowest BCUT2D eigenvalue weighted by atomic mass is 10.2. The molecule has 0 bridgehead atoms. The standard InChI is InChI=1S/C19H26ClN3O3/c1-12(2)11-25-17-7-6-16(20)9-15(17)10-23-14(5)8-18(22-23)26-19(24)21-13(3)4/h6-9,12-13H,10-11H2,1-5H3,(H,21,24). The van der Waals surface area contributed by atoms with Crippen LogP contribution in [0.1, 0.15) is 39.0 Å². The molecule has 2 rings (SSSR count). The van der Waals surface area contributed by atoms with Gasteiger partial charge in [0.2, 0.25) is 5.88 Å². The number of nitrogens with one attached hydrogen (secondary N) is 1. The topological polar surface area (TPSA) is 65.4 Å². The molecule has 0 spiro atoms. The third kappa shape index (κ3) is 5.95. The number of nitrogens with zero attached hydrogens (tertiary/aromatic N) is 2. The molecule has 26 heavy (non-hydrogen) atoms. The summed E-state index contributed by atoms with van der Waals surface area (Å²) >= 11 is 6.15. The van der Waals surface area contributed by atoms with Gasteiger partial charge in [-0.3, -0.25) is 4.68 Å².